The van der Waals surface area contributed by atoms with E-state index in [-0.39, 0.29) is 12.1 Å². The molecule has 116 valence electrons. The molecular weight excluding hydrogens is 298 g/mol. The third kappa shape index (κ3) is 3.26. The van der Waals surface area contributed by atoms with Crippen molar-refractivity contribution < 1.29 is 4.79 Å². The van der Waals surface area contributed by atoms with Crippen molar-refractivity contribution in [2.45, 2.75) is 13.0 Å². The van der Waals surface area contributed by atoms with Gasteiger partial charge in [0, 0.05) is 42.8 Å². The fourth-order valence-electron chi connectivity index (χ4n) is 2.58. The Bertz CT molecular complexity index is 644. The molecule has 1 aliphatic heterocycles. The number of anilines is 1. The SMILES string of the molecule is CC1CN(C)CCN1C(=O)Nc1nc(-c2ccccc2)ns1. The number of carbonyl (C=O) groups excluding carboxylic acids is 1. The zero-order chi connectivity index (χ0) is 15.5. The molecule has 1 N–H and O–H groups in total. The minimum absolute atomic E-state index is 0.101. The van der Waals surface area contributed by atoms with Crippen LogP contribution in [0.15, 0.2) is 30.3 Å². The van der Waals surface area contributed by atoms with Gasteiger partial charge in [-0.2, -0.15) is 9.36 Å². The minimum Gasteiger partial charge on any atom is -0.319 e. The van der Waals surface area contributed by atoms with Crippen LogP contribution in [0.2, 0.25) is 0 Å². The van der Waals surface area contributed by atoms with Crippen LogP contribution in [0.25, 0.3) is 11.4 Å². The summed E-state index contributed by atoms with van der Waals surface area (Å²) in [6, 6.07) is 9.84. The van der Waals surface area contributed by atoms with Gasteiger partial charge in [-0.25, -0.2) is 4.79 Å². The first-order chi connectivity index (χ1) is 10.6. The molecular formula is C15H19N5OS. The Kier molecular flexibility index (Phi) is 4.35. The van der Waals surface area contributed by atoms with E-state index in [4.69, 9.17) is 0 Å². The summed E-state index contributed by atoms with van der Waals surface area (Å²) in [5, 5.41) is 3.40. The van der Waals surface area contributed by atoms with E-state index in [2.05, 4.69) is 33.5 Å². The van der Waals surface area contributed by atoms with Crippen LogP contribution in [0.5, 0.6) is 0 Å². The summed E-state index contributed by atoms with van der Waals surface area (Å²) < 4.78 is 4.30. The maximum absolute atomic E-state index is 12.4. The second-order valence-electron chi connectivity index (χ2n) is 5.52. The maximum Gasteiger partial charge on any atom is 0.324 e. The first-order valence-electron chi connectivity index (χ1n) is 7.29. The topological polar surface area (TPSA) is 61.4 Å². The predicted octanol–water partition coefficient (Wildman–Crippen LogP) is 2.37. The van der Waals surface area contributed by atoms with Gasteiger partial charge in [-0.15, -0.1) is 0 Å². The molecule has 0 bridgehead atoms. The van der Waals surface area contributed by atoms with E-state index in [1.54, 1.807) is 0 Å². The summed E-state index contributed by atoms with van der Waals surface area (Å²) in [5.41, 5.74) is 0.951. The van der Waals surface area contributed by atoms with Crippen LogP contribution in [0.4, 0.5) is 9.93 Å². The van der Waals surface area contributed by atoms with Crippen molar-refractivity contribution in [3.8, 4) is 11.4 Å². The van der Waals surface area contributed by atoms with Crippen molar-refractivity contribution >= 4 is 22.7 Å². The molecule has 1 aromatic heterocycles. The molecule has 1 saturated heterocycles. The number of nitrogens with one attached hydrogen (secondary N) is 1. The van der Waals surface area contributed by atoms with E-state index in [0.29, 0.717) is 11.0 Å². The molecule has 0 aliphatic carbocycles. The number of carbonyl (C=O) groups is 1. The predicted molar refractivity (Wildman–Crippen MR) is 88.0 cm³/mol. The van der Waals surface area contributed by atoms with Crippen LogP contribution in [0, 0.1) is 0 Å². The Balaban J connectivity index is 1.66. The number of hydrogen-bond acceptors (Lipinski definition) is 5. The smallest absolute Gasteiger partial charge is 0.319 e. The van der Waals surface area contributed by atoms with E-state index in [0.717, 1.165) is 25.2 Å². The molecule has 0 radical (unpaired) electrons. The monoisotopic (exact) mass is 317 g/mol. The number of urea groups is 1. The van der Waals surface area contributed by atoms with Gasteiger partial charge in [0.2, 0.25) is 5.13 Å². The van der Waals surface area contributed by atoms with Gasteiger partial charge in [0.1, 0.15) is 0 Å². The highest BCUT2D eigenvalue weighted by Crippen LogP contribution is 2.21. The maximum atomic E-state index is 12.4. The number of aromatic nitrogens is 2. The Morgan fingerprint density at radius 2 is 2.09 bits per heavy atom. The molecule has 2 aromatic rings. The molecule has 2 amide bonds. The molecule has 22 heavy (non-hydrogen) atoms. The highest BCUT2D eigenvalue weighted by Gasteiger charge is 2.26. The lowest BCUT2D eigenvalue weighted by Crippen LogP contribution is -2.53. The van der Waals surface area contributed by atoms with Gasteiger partial charge in [0.15, 0.2) is 5.82 Å². The van der Waals surface area contributed by atoms with Crippen LogP contribution in [-0.2, 0) is 0 Å². The zero-order valence-electron chi connectivity index (χ0n) is 12.7. The number of likely N-dealkylation sites (N-methyl/N-ethyl adjacent to an activating group) is 1. The van der Waals surface area contributed by atoms with Gasteiger partial charge in [-0.05, 0) is 14.0 Å². The van der Waals surface area contributed by atoms with E-state index in [1.807, 2.05) is 35.2 Å². The van der Waals surface area contributed by atoms with Crippen molar-refractivity contribution in [3.05, 3.63) is 30.3 Å². The van der Waals surface area contributed by atoms with Gasteiger partial charge in [0.05, 0.1) is 0 Å². The first kappa shape index (κ1) is 14.9. The van der Waals surface area contributed by atoms with Crippen LogP contribution in [-0.4, -0.2) is 57.9 Å². The highest BCUT2D eigenvalue weighted by molar-refractivity contribution is 7.10. The van der Waals surface area contributed by atoms with Crippen molar-refractivity contribution in [1.29, 1.82) is 0 Å². The largest absolute Gasteiger partial charge is 0.324 e. The Labute approximate surface area is 133 Å². The minimum atomic E-state index is -0.101. The van der Waals surface area contributed by atoms with E-state index in [1.165, 1.54) is 11.5 Å². The lowest BCUT2D eigenvalue weighted by atomic mass is 10.2. The first-order valence-corrected chi connectivity index (χ1v) is 8.06. The van der Waals surface area contributed by atoms with E-state index < -0.39 is 0 Å². The van der Waals surface area contributed by atoms with Crippen LogP contribution >= 0.6 is 11.5 Å². The van der Waals surface area contributed by atoms with Crippen molar-refractivity contribution in [2.75, 3.05) is 32.0 Å². The molecule has 1 aromatic carbocycles. The lowest BCUT2D eigenvalue weighted by molar-refractivity contribution is 0.125. The molecule has 1 atom stereocenters. The molecule has 1 aliphatic rings. The molecule has 0 spiro atoms. The quantitative estimate of drug-likeness (QED) is 0.924. The number of hydrogen-bond donors (Lipinski definition) is 1. The van der Waals surface area contributed by atoms with Crippen LogP contribution < -0.4 is 5.32 Å². The van der Waals surface area contributed by atoms with Crippen molar-refractivity contribution in [1.82, 2.24) is 19.2 Å². The van der Waals surface area contributed by atoms with E-state index >= 15 is 0 Å². The summed E-state index contributed by atoms with van der Waals surface area (Å²) >= 11 is 1.21. The second-order valence-corrected chi connectivity index (χ2v) is 6.28. The molecule has 6 nitrogen and oxygen atoms in total. The zero-order valence-corrected chi connectivity index (χ0v) is 13.5. The normalized spacial score (nSPS) is 19.2. The number of piperazine rings is 1. The summed E-state index contributed by atoms with van der Waals surface area (Å²) in [7, 11) is 2.07. The highest BCUT2D eigenvalue weighted by atomic mass is 32.1. The summed E-state index contributed by atoms with van der Waals surface area (Å²) in [6.45, 7) is 4.57. The van der Waals surface area contributed by atoms with Crippen LogP contribution in [0.1, 0.15) is 6.92 Å². The molecule has 1 fully saturated rings. The van der Waals surface area contributed by atoms with Gasteiger partial charge in [-0.1, -0.05) is 30.3 Å². The molecule has 2 heterocycles. The molecule has 7 heteroatoms. The van der Waals surface area contributed by atoms with Gasteiger partial charge in [0.25, 0.3) is 0 Å². The number of amides is 2. The summed E-state index contributed by atoms with van der Waals surface area (Å²) in [5.74, 6) is 0.646. The van der Waals surface area contributed by atoms with Crippen molar-refractivity contribution in [3.63, 3.8) is 0 Å². The van der Waals surface area contributed by atoms with Gasteiger partial charge >= 0.3 is 6.03 Å². The Morgan fingerprint density at radius 1 is 1.32 bits per heavy atom. The number of nitrogens with zero attached hydrogens (tertiary/aromatic N) is 4. The average molecular weight is 317 g/mol. The Morgan fingerprint density at radius 3 is 2.82 bits per heavy atom. The number of rotatable bonds is 2. The fraction of sp³-hybridized carbons (Fsp3) is 0.400. The van der Waals surface area contributed by atoms with Crippen molar-refractivity contribution in [2.24, 2.45) is 0 Å². The number of benzene rings is 1. The molecule has 0 saturated carbocycles. The molecule has 3 rings (SSSR count). The van der Waals surface area contributed by atoms with Gasteiger partial charge < -0.3 is 9.80 Å². The standard InChI is InChI=1S/C15H19N5OS/c1-11-10-19(2)8-9-20(11)15(21)17-14-16-13(18-22-14)12-6-4-3-5-7-12/h3-7,11H,8-10H2,1-2H3,(H,16,17,18,21). The lowest BCUT2D eigenvalue weighted by Gasteiger charge is -2.37. The molecule has 1 unspecified atom stereocenters. The average Bonchev–Trinajstić information content (AvgIpc) is 2.96. The summed E-state index contributed by atoms with van der Waals surface area (Å²) in [4.78, 5) is 20.8. The van der Waals surface area contributed by atoms with E-state index in [9.17, 15) is 4.79 Å². The second kappa shape index (κ2) is 6.41. The summed E-state index contributed by atoms with van der Waals surface area (Å²) in [6.07, 6.45) is 0. The van der Waals surface area contributed by atoms with Crippen LogP contribution in [0.3, 0.4) is 0 Å². The third-order valence-electron chi connectivity index (χ3n) is 3.76. The third-order valence-corrected chi connectivity index (χ3v) is 4.39. The Hall–Kier alpha value is -1.99. The fourth-order valence-corrected chi connectivity index (χ4v) is 3.16. The van der Waals surface area contributed by atoms with Gasteiger partial charge in [-0.3, -0.25) is 5.32 Å².